The van der Waals surface area contributed by atoms with Crippen LogP contribution in [0.4, 0.5) is 0 Å². The summed E-state index contributed by atoms with van der Waals surface area (Å²) in [5.74, 6) is 0. The Morgan fingerprint density at radius 2 is 2.11 bits per heavy atom. The van der Waals surface area contributed by atoms with Crippen LogP contribution in [-0.2, 0) is 11.3 Å². The van der Waals surface area contributed by atoms with Gasteiger partial charge in [-0.1, -0.05) is 31.9 Å². The summed E-state index contributed by atoms with van der Waals surface area (Å²) < 4.78 is 7.63. The molecule has 0 saturated heterocycles. The Bertz CT molecular complexity index is 348. The largest absolute Gasteiger partial charge is 0.376 e. The third-order valence-electron chi connectivity index (χ3n) is 2.94. The number of aryl methyl sites for hydroxylation is 1. The molecule has 1 aromatic rings. The zero-order chi connectivity index (χ0) is 13.5. The molecule has 0 aromatic carbocycles. The minimum Gasteiger partial charge on any atom is -0.376 e. The van der Waals surface area contributed by atoms with Crippen molar-refractivity contribution in [1.82, 2.24) is 9.78 Å². The lowest BCUT2D eigenvalue weighted by atomic mass is 10.0. The molecule has 1 aromatic heterocycles. The van der Waals surface area contributed by atoms with Gasteiger partial charge in [0.25, 0.3) is 0 Å². The number of nitrogens with two attached hydrogens (primary N) is 1. The van der Waals surface area contributed by atoms with Crippen LogP contribution in [0.25, 0.3) is 0 Å². The van der Waals surface area contributed by atoms with Crippen molar-refractivity contribution in [3.63, 3.8) is 0 Å². The molecule has 1 rings (SSSR count). The average Bonchev–Trinajstić information content (AvgIpc) is 2.70. The van der Waals surface area contributed by atoms with E-state index in [1.807, 2.05) is 11.6 Å². The van der Waals surface area contributed by atoms with Gasteiger partial charge in [-0.2, -0.15) is 5.10 Å². The van der Waals surface area contributed by atoms with Gasteiger partial charge in [-0.15, -0.1) is 0 Å². The standard InChI is InChI=1S/C13H24ClN3O/c1-4-7-11(18-6-3)12(15)13-10(14)9-16-17(13)8-5-2/h9,11-12H,4-8,15H2,1-3H3. The maximum atomic E-state index is 6.32. The Hall–Kier alpha value is -0.580. The molecule has 0 bridgehead atoms. The van der Waals surface area contributed by atoms with Crippen molar-refractivity contribution in [2.45, 2.75) is 58.7 Å². The van der Waals surface area contributed by atoms with Gasteiger partial charge in [-0.3, -0.25) is 4.68 Å². The van der Waals surface area contributed by atoms with E-state index in [-0.39, 0.29) is 12.1 Å². The van der Waals surface area contributed by atoms with Gasteiger partial charge in [0.05, 0.1) is 29.1 Å². The van der Waals surface area contributed by atoms with Gasteiger partial charge in [0.2, 0.25) is 0 Å². The van der Waals surface area contributed by atoms with E-state index in [1.54, 1.807) is 6.20 Å². The molecule has 4 nitrogen and oxygen atoms in total. The van der Waals surface area contributed by atoms with Gasteiger partial charge in [-0.05, 0) is 19.8 Å². The molecule has 0 radical (unpaired) electrons. The average molecular weight is 274 g/mol. The van der Waals surface area contributed by atoms with Gasteiger partial charge in [-0.25, -0.2) is 0 Å². The molecule has 0 aliphatic rings. The summed E-state index contributed by atoms with van der Waals surface area (Å²) in [6, 6.07) is -0.216. The first-order valence-corrected chi connectivity index (χ1v) is 7.11. The SMILES string of the molecule is CCCC(OCC)C(N)c1c(Cl)cnn1CCC. The summed E-state index contributed by atoms with van der Waals surface area (Å²) in [6.45, 7) is 7.72. The Kier molecular flexibility index (Phi) is 6.68. The second-order valence-corrected chi connectivity index (χ2v) is 4.82. The Labute approximate surface area is 114 Å². The monoisotopic (exact) mass is 273 g/mol. The van der Waals surface area contributed by atoms with Gasteiger partial charge >= 0.3 is 0 Å². The van der Waals surface area contributed by atoms with Crippen LogP contribution in [-0.4, -0.2) is 22.5 Å². The molecule has 0 fully saturated rings. The maximum Gasteiger partial charge on any atom is 0.0835 e. The van der Waals surface area contributed by atoms with Crippen molar-refractivity contribution >= 4 is 11.6 Å². The van der Waals surface area contributed by atoms with E-state index in [1.165, 1.54) is 0 Å². The molecule has 0 saturated carbocycles. The van der Waals surface area contributed by atoms with Crippen LogP contribution in [0.3, 0.4) is 0 Å². The van der Waals surface area contributed by atoms with Crippen LogP contribution in [0, 0.1) is 0 Å². The highest BCUT2D eigenvalue weighted by Gasteiger charge is 2.25. The fourth-order valence-electron chi connectivity index (χ4n) is 2.13. The number of halogens is 1. The first-order chi connectivity index (χ1) is 8.65. The zero-order valence-electron chi connectivity index (χ0n) is 11.5. The van der Waals surface area contributed by atoms with E-state index in [0.717, 1.165) is 31.5 Å². The number of ether oxygens (including phenoxy) is 1. The topological polar surface area (TPSA) is 53.1 Å². The molecule has 104 valence electrons. The van der Waals surface area contributed by atoms with Crippen molar-refractivity contribution in [1.29, 1.82) is 0 Å². The number of hydrogen-bond donors (Lipinski definition) is 1. The van der Waals surface area contributed by atoms with E-state index in [2.05, 4.69) is 18.9 Å². The van der Waals surface area contributed by atoms with Gasteiger partial charge < -0.3 is 10.5 Å². The van der Waals surface area contributed by atoms with Gasteiger partial charge in [0.1, 0.15) is 0 Å². The lowest BCUT2D eigenvalue weighted by Gasteiger charge is -2.24. The quantitative estimate of drug-likeness (QED) is 0.792. The van der Waals surface area contributed by atoms with Gasteiger partial charge in [0, 0.05) is 13.2 Å². The van der Waals surface area contributed by atoms with Gasteiger partial charge in [0.15, 0.2) is 0 Å². The third kappa shape index (κ3) is 3.70. The lowest BCUT2D eigenvalue weighted by molar-refractivity contribution is 0.0354. The summed E-state index contributed by atoms with van der Waals surface area (Å²) in [6.07, 6.45) is 4.65. The van der Waals surface area contributed by atoms with E-state index in [9.17, 15) is 0 Å². The molecular formula is C13H24ClN3O. The third-order valence-corrected chi connectivity index (χ3v) is 3.23. The van der Waals surface area contributed by atoms with E-state index in [0.29, 0.717) is 11.6 Å². The fraction of sp³-hybridized carbons (Fsp3) is 0.769. The molecule has 0 amide bonds. The van der Waals surface area contributed by atoms with Crippen molar-refractivity contribution in [2.24, 2.45) is 5.73 Å². The van der Waals surface area contributed by atoms with Crippen LogP contribution in [0.2, 0.25) is 5.02 Å². The summed E-state index contributed by atoms with van der Waals surface area (Å²) in [7, 11) is 0. The number of hydrogen-bond acceptors (Lipinski definition) is 3. The highest BCUT2D eigenvalue weighted by atomic mass is 35.5. The predicted octanol–water partition coefficient (Wildman–Crippen LogP) is 3.15. The Morgan fingerprint density at radius 1 is 1.39 bits per heavy atom. The highest BCUT2D eigenvalue weighted by Crippen LogP contribution is 2.27. The minimum absolute atomic E-state index is 0.00445. The summed E-state index contributed by atoms with van der Waals surface area (Å²) in [4.78, 5) is 0. The summed E-state index contributed by atoms with van der Waals surface area (Å²) >= 11 is 6.20. The van der Waals surface area contributed by atoms with Crippen LogP contribution in [0.15, 0.2) is 6.20 Å². The Balaban J connectivity index is 2.91. The molecule has 0 aliphatic carbocycles. The smallest absolute Gasteiger partial charge is 0.0835 e. The van der Waals surface area contributed by atoms with Crippen molar-refractivity contribution in [2.75, 3.05) is 6.61 Å². The predicted molar refractivity (Wildman–Crippen MR) is 74.8 cm³/mol. The van der Waals surface area contributed by atoms with Crippen molar-refractivity contribution in [3.8, 4) is 0 Å². The molecule has 2 unspecified atom stereocenters. The molecular weight excluding hydrogens is 250 g/mol. The number of rotatable bonds is 8. The lowest BCUT2D eigenvalue weighted by Crippen LogP contribution is -2.31. The van der Waals surface area contributed by atoms with Crippen LogP contribution >= 0.6 is 11.6 Å². The highest BCUT2D eigenvalue weighted by molar-refractivity contribution is 6.31. The first kappa shape index (κ1) is 15.5. The number of aromatic nitrogens is 2. The van der Waals surface area contributed by atoms with E-state index < -0.39 is 0 Å². The van der Waals surface area contributed by atoms with Crippen LogP contribution in [0.5, 0.6) is 0 Å². The maximum absolute atomic E-state index is 6.32. The molecule has 18 heavy (non-hydrogen) atoms. The second kappa shape index (κ2) is 7.77. The van der Waals surface area contributed by atoms with Crippen LogP contribution < -0.4 is 5.73 Å². The summed E-state index contributed by atoms with van der Waals surface area (Å²) in [5.41, 5.74) is 7.21. The normalized spacial score (nSPS) is 14.7. The second-order valence-electron chi connectivity index (χ2n) is 4.41. The van der Waals surface area contributed by atoms with Crippen molar-refractivity contribution < 1.29 is 4.74 Å². The molecule has 0 aliphatic heterocycles. The van der Waals surface area contributed by atoms with Crippen molar-refractivity contribution in [3.05, 3.63) is 16.9 Å². The molecule has 2 N–H and O–H groups in total. The molecule has 1 heterocycles. The van der Waals surface area contributed by atoms with Crippen LogP contribution in [0.1, 0.15) is 51.8 Å². The first-order valence-electron chi connectivity index (χ1n) is 6.73. The zero-order valence-corrected chi connectivity index (χ0v) is 12.3. The minimum atomic E-state index is -0.216. The molecule has 5 heteroatoms. The fourth-order valence-corrected chi connectivity index (χ4v) is 2.40. The summed E-state index contributed by atoms with van der Waals surface area (Å²) in [5, 5.41) is 4.91. The van der Waals surface area contributed by atoms with E-state index >= 15 is 0 Å². The number of nitrogens with zero attached hydrogens (tertiary/aromatic N) is 2. The van der Waals surface area contributed by atoms with E-state index in [4.69, 9.17) is 22.1 Å². The molecule has 2 atom stereocenters. The molecule has 0 spiro atoms. The Morgan fingerprint density at radius 3 is 2.67 bits per heavy atom.